The van der Waals surface area contributed by atoms with E-state index in [2.05, 4.69) is 9.98 Å². The number of rotatable bonds is 2. The van der Waals surface area contributed by atoms with Gasteiger partial charge in [0.05, 0.1) is 0 Å². The van der Waals surface area contributed by atoms with Crippen LogP contribution in [-0.4, -0.2) is 27.9 Å². The zero-order valence-electron chi connectivity index (χ0n) is 8.98. The van der Waals surface area contributed by atoms with Crippen LogP contribution in [0, 0.1) is 11.5 Å². The van der Waals surface area contributed by atoms with Gasteiger partial charge in [0, 0.05) is 19.8 Å². The van der Waals surface area contributed by atoms with Gasteiger partial charge in [-0.1, -0.05) is 11.6 Å². The second kappa shape index (κ2) is 5.33. The maximum Gasteiger partial charge on any atom is 0.207 e. The van der Waals surface area contributed by atoms with Crippen molar-refractivity contribution in [2.45, 2.75) is 13.5 Å². The molecule has 0 radical (unpaired) electrons. The predicted molar refractivity (Wildman–Crippen MR) is 61.1 cm³/mol. The van der Waals surface area contributed by atoms with Gasteiger partial charge in [0.25, 0.3) is 0 Å². The fourth-order valence-electron chi connectivity index (χ4n) is 1.11. The third-order valence-corrected chi connectivity index (χ3v) is 2.35. The Morgan fingerprint density at radius 1 is 1.75 bits per heavy atom. The number of aromatic nitrogens is 1. The first kappa shape index (κ1) is 12.3. The van der Waals surface area contributed by atoms with Gasteiger partial charge in [0.1, 0.15) is 5.84 Å². The van der Waals surface area contributed by atoms with Crippen LogP contribution < -0.4 is 0 Å². The highest BCUT2D eigenvalue weighted by molar-refractivity contribution is 6.30. The SMILES string of the molecule is CC(=NC#N)N(C)Cc1cnc(Cl)c(O)c1. The molecule has 6 heteroatoms. The fourth-order valence-corrected chi connectivity index (χ4v) is 1.21. The van der Waals surface area contributed by atoms with Crippen LogP contribution in [0.2, 0.25) is 5.15 Å². The molecule has 1 heterocycles. The standard InChI is InChI=1S/C10H11ClN4O/c1-7(14-6-12)15(2)5-8-3-9(16)10(11)13-4-8/h3-4,16H,5H2,1-2H3. The molecule has 0 spiro atoms. The molecule has 0 aliphatic rings. The molecule has 1 rings (SSSR count). The highest BCUT2D eigenvalue weighted by Gasteiger charge is 2.05. The van der Waals surface area contributed by atoms with E-state index in [1.807, 2.05) is 0 Å². The number of pyridine rings is 1. The van der Waals surface area contributed by atoms with E-state index in [-0.39, 0.29) is 10.9 Å². The van der Waals surface area contributed by atoms with Crippen molar-refractivity contribution in [3.63, 3.8) is 0 Å². The molecule has 0 aromatic carbocycles. The van der Waals surface area contributed by atoms with Crippen LogP contribution in [0.25, 0.3) is 0 Å². The molecule has 0 aliphatic heterocycles. The van der Waals surface area contributed by atoms with Crippen LogP contribution >= 0.6 is 11.6 Å². The molecule has 0 amide bonds. The second-order valence-corrected chi connectivity index (χ2v) is 3.63. The van der Waals surface area contributed by atoms with Gasteiger partial charge in [-0.15, -0.1) is 0 Å². The average Bonchev–Trinajstić information content (AvgIpc) is 2.24. The number of aliphatic imine (C=N–C) groups is 1. The second-order valence-electron chi connectivity index (χ2n) is 3.27. The van der Waals surface area contributed by atoms with E-state index < -0.39 is 0 Å². The Bertz CT molecular complexity index is 453. The summed E-state index contributed by atoms with van der Waals surface area (Å²) in [6.45, 7) is 2.22. The average molecular weight is 239 g/mol. The summed E-state index contributed by atoms with van der Waals surface area (Å²) in [5.74, 6) is 0.541. The Balaban J connectivity index is 2.78. The third kappa shape index (κ3) is 3.11. The zero-order valence-corrected chi connectivity index (χ0v) is 9.73. The van der Waals surface area contributed by atoms with E-state index >= 15 is 0 Å². The zero-order chi connectivity index (χ0) is 12.1. The smallest absolute Gasteiger partial charge is 0.207 e. The van der Waals surface area contributed by atoms with Crippen LogP contribution in [0.3, 0.4) is 0 Å². The van der Waals surface area contributed by atoms with E-state index in [0.717, 1.165) is 5.56 Å². The molecule has 84 valence electrons. The molecule has 1 aromatic rings. The van der Waals surface area contributed by atoms with Gasteiger partial charge < -0.3 is 10.0 Å². The summed E-state index contributed by atoms with van der Waals surface area (Å²) >= 11 is 5.59. The van der Waals surface area contributed by atoms with E-state index in [9.17, 15) is 5.11 Å². The Hall–Kier alpha value is -1.80. The number of halogens is 1. The summed E-state index contributed by atoms with van der Waals surface area (Å²) in [4.78, 5) is 9.19. The van der Waals surface area contributed by atoms with Gasteiger partial charge >= 0.3 is 0 Å². The molecule has 0 bridgehead atoms. The molecule has 0 fully saturated rings. The summed E-state index contributed by atoms with van der Waals surface area (Å²) in [5, 5.41) is 17.8. The minimum absolute atomic E-state index is 0.0533. The van der Waals surface area contributed by atoms with Crippen molar-refractivity contribution in [1.82, 2.24) is 9.88 Å². The highest BCUT2D eigenvalue weighted by Crippen LogP contribution is 2.21. The van der Waals surface area contributed by atoms with Crippen molar-refractivity contribution in [2.24, 2.45) is 4.99 Å². The summed E-state index contributed by atoms with van der Waals surface area (Å²) in [5.41, 5.74) is 0.789. The molecule has 0 saturated heterocycles. The van der Waals surface area contributed by atoms with Gasteiger partial charge in [0.15, 0.2) is 10.9 Å². The molecule has 1 aromatic heterocycles. The molecule has 0 aliphatic carbocycles. The van der Waals surface area contributed by atoms with Crippen LogP contribution in [0.15, 0.2) is 17.3 Å². The number of hydrogen-bond donors (Lipinski definition) is 1. The van der Waals surface area contributed by atoms with Gasteiger partial charge in [-0.3, -0.25) is 0 Å². The quantitative estimate of drug-likeness (QED) is 0.369. The highest BCUT2D eigenvalue weighted by atomic mass is 35.5. The van der Waals surface area contributed by atoms with E-state index in [1.165, 1.54) is 6.07 Å². The lowest BCUT2D eigenvalue weighted by molar-refractivity contribution is 0.464. The van der Waals surface area contributed by atoms with Crippen LogP contribution in [-0.2, 0) is 6.54 Å². The first-order chi connectivity index (χ1) is 7.54. The van der Waals surface area contributed by atoms with Crippen LogP contribution in [0.5, 0.6) is 5.75 Å². The van der Waals surface area contributed by atoms with E-state index in [4.69, 9.17) is 16.9 Å². The van der Waals surface area contributed by atoms with E-state index in [1.54, 1.807) is 31.3 Å². The number of nitriles is 1. The molecule has 0 saturated carbocycles. The Morgan fingerprint density at radius 2 is 2.44 bits per heavy atom. The van der Waals surface area contributed by atoms with Crippen molar-refractivity contribution in [3.8, 4) is 11.9 Å². The van der Waals surface area contributed by atoms with Crippen molar-refractivity contribution >= 4 is 17.4 Å². The first-order valence-electron chi connectivity index (χ1n) is 4.52. The number of nitrogens with zero attached hydrogens (tertiary/aromatic N) is 4. The molecule has 0 unspecified atom stereocenters. The Kier molecular flexibility index (Phi) is 4.09. The van der Waals surface area contributed by atoms with Gasteiger partial charge in [-0.25, -0.2) is 4.98 Å². The third-order valence-electron chi connectivity index (χ3n) is 2.06. The molecule has 16 heavy (non-hydrogen) atoms. The lowest BCUT2D eigenvalue weighted by Crippen LogP contribution is -2.23. The monoisotopic (exact) mass is 238 g/mol. The molecule has 0 atom stereocenters. The van der Waals surface area contributed by atoms with Crippen molar-refractivity contribution < 1.29 is 5.11 Å². The minimum atomic E-state index is -0.0533. The van der Waals surface area contributed by atoms with Crippen molar-refractivity contribution in [3.05, 3.63) is 23.0 Å². The van der Waals surface area contributed by atoms with Gasteiger partial charge in [-0.2, -0.15) is 10.3 Å². The number of hydrogen-bond acceptors (Lipinski definition) is 4. The fraction of sp³-hybridized carbons (Fsp3) is 0.300. The normalized spacial score (nSPS) is 11.0. The van der Waals surface area contributed by atoms with Crippen LogP contribution in [0.1, 0.15) is 12.5 Å². The Labute approximate surface area is 98.6 Å². The lowest BCUT2D eigenvalue weighted by Gasteiger charge is -2.17. The lowest BCUT2D eigenvalue weighted by atomic mass is 10.2. The molecule has 5 nitrogen and oxygen atoms in total. The molecular weight excluding hydrogens is 228 g/mol. The predicted octanol–water partition coefficient (Wildman–Crippen LogP) is 1.77. The topological polar surface area (TPSA) is 72.5 Å². The summed E-state index contributed by atoms with van der Waals surface area (Å²) in [6, 6.07) is 1.53. The molecular formula is C10H11ClN4O. The maximum atomic E-state index is 9.36. The minimum Gasteiger partial charge on any atom is -0.505 e. The maximum absolute atomic E-state index is 9.36. The Morgan fingerprint density at radius 3 is 3.00 bits per heavy atom. The van der Waals surface area contributed by atoms with Crippen molar-refractivity contribution in [2.75, 3.05) is 7.05 Å². The first-order valence-corrected chi connectivity index (χ1v) is 4.90. The van der Waals surface area contributed by atoms with Gasteiger partial charge in [-0.05, 0) is 18.6 Å². The summed E-state index contributed by atoms with van der Waals surface area (Å²) in [6.07, 6.45) is 3.28. The number of amidine groups is 1. The van der Waals surface area contributed by atoms with E-state index in [0.29, 0.717) is 12.4 Å². The summed E-state index contributed by atoms with van der Waals surface area (Å²) < 4.78 is 0. The van der Waals surface area contributed by atoms with Gasteiger partial charge in [0.2, 0.25) is 6.19 Å². The summed E-state index contributed by atoms with van der Waals surface area (Å²) in [7, 11) is 1.79. The number of aromatic hydroxyl groups is 1. The largest absolute Gasteiger partial charge is 0.505 e. The molecule has 1 N–H and O–H groups in total. The van der Waals surface area contributed by atoms with Crippen molar-refractivity contribution in [1.29, 1.82) is 5.26 Å². The van der Waals surface area contributed by atoms with Crippen LogP contribution in [0.4, 0.5) is 0 Å².